The van der Waals surface area contributed by atoms with Crippen molar-refractivity contribution in [2.75, 3.05) is 5.32 Å². The Kier molecular flexibility index (Phi) is 7.04. The van der Waals surface area contributed by atoms with E-state index in [1.54, 1.807) is 36.4 Å². The van der Waals surface area contributed by atoms with Crippen molar-refractivity contribution in [2.45, 2.75) is 0 Å². The molecule has 0 saturated heterocycles. The van der Waals surface area contributed by atoms with Gasteiger partial charge in [-0.3, -0.25) is 19.7 Å². The largest absolute Gasteiger partial charge is 0.502 e. The summed E-state index contributed by atoms with van der Waals surface area (Å²) in [7, 11) is 0. The highest BCUT2D eigenvalue weighted by atomic mass is 35.5. The molecule has 3 rings (SSSR count). The predicted molar refractivity (Wildman–Crippen MR) is 121 cm³/mol. The molecule has 3 aromatic rings. The fraction of sp³-hybridized carbons (Fsp3) is 0. The minimum atomic E-state index is -0.787. The average Bonchev–Trinajstić information content (AvgIpc) is 2.76. The highest BCUT2D eigenvalue weighted by Gasteiger charge is 2.17. The summed E-state index contributed by atoms with van der Waals surface area (Å²) in [6.45, 7) is 0. The lowest BCUT2D eigenvalue weighted by molar-refractivity contribution is -0.385. The third-order valence-corrected chi connectivity index (χ3v) is 4.63. The Hall–Kier alpha value is -3.95. The fourth-order valence-corrected chi connectivity index (χ4v) is 2.92. The van der Waals surface area contributed by atoms with Crippen LogP contribution in [0.15, 0.2) is 65.8 Å². The molecule has 0 atom stereocenters. The summed E-state index contributed by atoms with van der Waals surface area (Å²) in [5, 5.41) is 27.8. The maximum absolute atomic E-state index is 12.2. The Labute approximate surface area is 191 Å². The first kappa shape index (κ1) is 22.7. The Morgan fingerprint density at radius 1 is 0.938 bits per heavy atom. The molecule has 2 amide bonds. The van der Waals surface area contributed by atoms with Crippen molar-refractivity contribution in [1.29, 1.82) is 0 Å². The SMILES string of the molecule is O=C(N/N=C\c1cc(Cl)cc([N+](=O)[O-])c1O)c1ccc(NC(=O)c2ccc(Cl)cc2)cc1. The van der Waals surface area contributed by atoms with Gasteiger partial charge in [-0.2, -0.15) is 5.10 Å². The minimum Gasteiger partial charge on any atom is -0.502 e. The standard InChI is InChI=1S/C21H14Cl2N4O5/c22-15-5-1-12(2-6-15)20(29)25-17-7-3-13(4-8-17)21(30)26-24-11-14-9-16(23)10-18(19(14)28)27(31)32/h1-11,28H,(H,25,29)(H,26,30)/b24-11-. The number of nitro groups is 1. The number of carbonyl (C=O) groups is 2. The Morgan fingerprint density at radius 2 is 1.53 bits per heavy atom. The van der Waals surface area contributed by atoms with Crippen LogP contribution in [0.4, 0.5) is 11.4 Å². The van der Waals surface area contributed by atoms with Crippen LogP contribution in [-0.4, -0.2) is 28.1 Å². The number of nitrogens with zero attached hydrogens (tertiary/aromatic N) is 2. The van der Waals surface area contributed by atoms with Crippen LogP contribution in [0, 0.1) is 10.1 Å². The van der Waals surface area contributed by atoms with E-state index in [0.29, 0.717) is 16.3 Å². The molecule has 0 aromatic heterocycles. The molecule has 0 saturated carbocycles. The second-order valence-electron chi connectivity index (χ2n) is 6.36. The number of hydrazone groups is 1. The summed E-state index contributed by atoms with van der Waals surface area (Å²) >= 11 is 11.6. The molecule has 162 valence electrons. The highest BCUT2D eigenvalue weighted by molar-refractivity contribution is 6.31. The molecule has 0 unspecified atom stereocenters. The molecule has 9 nitrogen and oxygen atoms in total. The summed E-state index contributed by atoms with van der Waals surface area (Å²) in [5.74, 6) is -1.54. The molecule has 0 spiro atoms. The lowest BCUT2D eigenvalue weighted by Crippen LogP contribution is -2.18. The van der Waals surface area contributed by atoms with Gasteiger partial charge >= 0.3 is 5.69 Å². The summed E-state index contributed by atoms with van der Waals surface area (Å²) < 4.78 is 0. The second kappa shape index (κ2) is 9.90. The highest BCUT2D eigenvalue weighted by Crippen LogP contribution is 2.32. The molecule has 3 aromatic carbocycles. The van der Waals surface area contributed by atoms with E-state index in [1.807, 2.05) is 0 Å². The van der Waals surface area contributed by atoms with Crippen LogP contribution in [0.5, 0.6) is 5.75 Å². The first-order chi connectivity index (χ1) is 15.2. The smallest absolute Gasteiger partial charge is 0.312 e. The Bertz CT molecular complexity index is 1210. The van der Waals surface area contributed by atoms with Crippen LogP contribution in [0.1, 0.15) is 26.3 Å². The van der Waals surface area contributed by atoms with Gasteiger partial charge in [0, 0.05) is 38.5 Å². The van der Waals surface area contributed by atoms with E-state index in [1.165, 1.54) is 18.2 Å². The zero-order chi connectivity index (χ0) is 23.3. The van der Waals surface area contributed by atoms with Crippen LogP contribution in [0.3, 0.4) is 0 Å². The lowest BCUT2D eigenvalue weighted by Gasteiger charge is -2.06. The molecule has 0 radical (unpaired) electrons. The summed E-state index contributed by atoms with van der Waals surface area (Å²) in [6.07, 6.45) is 1.03. The number of benzene rings is 3. The number of anilines is 1. The van der Waals surface area contributed by atoms with Gasteiger partial charge in [-0.25, -0.2) is 5.43 Å². The van der Waals surface area contributed by atoms with E-state index in [4.69, 9.17) is 23.2 Å². The van der Waals surface area contributed by atoms with Gasteiger partial charge in [0.1, 0.15) is 0 Å². The van der Waals surface area contributed by atoms with E-state index in [9.17, 15) is 24.8 Å². The van der Waals surface area contributed by atoms with Gasteiger partial charge in [-0.05, 0) is 54.6 Å². The zero-order valence-corrected chi connectivity index (χ0v) is 17.6. The monoisotopic (exact) mass is 472 g/mol. The summed E-state index contributed by atoms with van der Waals surface area (Å²) in [4.78, 5) is 34.6. The third kappa shape index (κ3) is 5.60. The average molecular weight is 473 g/mol. The van der Waals surface area contributed by atoms with E-state index < -0.39 is 22.3 Å². The molecule has 11 heteroatoms. The van der Waals surface area contributed by atoms with Gasteiger partial charge in [0.25, 0.3) is 11.8 Å². The zero-order valence-electron chi connectivity index (χ0n) is 16.1. The van der Waals surface area contributed by atoms with Gasteiger partial charge in [0.15, 0.2) is 0 Å². The quantitative estimate of drug-likeness (QED) is 0.273. The molecular weight excluding hydrogens is 459 g/mol. The van der Waals surface area contributed by atoms with Gasteiger partial charge in [0.05, 0.1) is 11.1 Å². The van der Waals surface area contributed by atoms with Crippen LogP contribution < -0.4 is 10.7 Å². The Balaban J connectivity index is 1.63. The summed E-state index contributed by atoms with van der Waals surface area (Å²) in [6, 6.07) is 14.7. The first-order valence-electron chi connectivity index (χ1n) is 8.92. The van der Waals surface area contributed by atoms with Gasteiger partial charge in [0.2, 0.25) is 5.75 Å². The van der Waals surface area contributed by atoms with Crippen molar-refractivity contribution in [3.8, 4) is 5.75 Å². The van der Waals surface area contributed by atoms with Crippen molar-refractivity contribution in [3.05, 3.63) is 97.5 Å². The number of carbonyl (C=O) groups excluding carboxylic acids is 2. The molecule has 3 N–H and O–H groups in total. The molecule has 0 heterocycles. The van der Waals surface area contributed by atoms with Gasteiger partial charge in [-0.1, -0.05) is 23.2 Å². The van der Waals surface area contributed by atoms with Gasteiger partial charge < -0.3 is 10.4 Å². The Morgan fingerprint density at radius 3 is 2.16 bits per heavy atom. The maximum Gasteiger partial charge on any atom is 0.312 e. The molecule has 0 aliphatic rings. The number of nitro benzene ring substituents is 1. The topological polar surface area (TPSA) is 134 Å². The number of phenolic OH excluding ortho intramolecular Hbond substituents is 1. The van der Waals surface area contributed by atoms with Crippen molar-refractivity contribution < 1.29 is 19.6 Å². The third-order valence-electron chi connectivity index (χ3n) is 4.16. The van der Waals surface area contributed by atoms with Crippen LogP contribution in [0.2, 0.25) is 10.0 Å². The lowest BCUT2D eigenvalue weighted by atomic mass is 10.1. The molecule has 0 aliphatic carbocycles. The van der Waals surface area contributed by atoms with Crippen LogP contribution >= 0.6 is 23.2 Å². The van der Waals surface area contributed by atoms with Crippen LogP contribution in [-0.2, 0) is 0 Å². The van der Waals surface area contributed by atoms with Crippen molar-refractivity contribution in [1.82, 2.24) is 5.43 Å². The number of rotatable bonds is 6. The fourth-order valence-electron chi connectivity index (χ4n) is 2.58. The van der Waals surface area contributed by atoms with Crippen molar-refractivity contribution in [2.24, 2.45) is 5.10 Å². The van der Waals surface area contributed by atoms with E-state index in [0.717, 1.165) is 12.3 Å². The molecule has 32 heavy (non-hydrogen) atoms. The number of hydrogen-bond donors (Lipinski definition) is 3. The molecule has 0 aliphatic heterocycles. The normalized spacial score (nSPS) is 10.7. The number of nitrogens with one attached hydrogen (secondary N) is 2. The number of halogens is 2. The van der Waals surface area contributed by atoms with Crippen molar-refractivity contribution in [3.63, 3.8) is 0 Å². The molecule has 0 fully saturated rings. The van der Waals surface area contributed by atoms with E-state index in [-0.39, 0.29) is 22.1 Å². The number of aromatic hydroxyl groups is 1. The number of amides is 2. The van der Waals surface area contributed by atoms with E-state index in [2.05, 4.69) is 15.8 Å². The van der Waals surface area contributed by atoms with E-state index >= 15 is 0 Å². The van der Waals surface area contributed by atoms with Gasteiger partial charge in [-0.15, -0.1) is 0 Å². The molecular formula is C21H14Cl2N4O5. The minimum absolute atomic E-state index is 0.0264. The number of hydrogen-bond acceptors (Lipinski definition) is 6. The summed E-state index contributed by atoms with van der Waals surface area (Å²) in [5.41, 5.74) is 2.76. The van der Waals surface area contributed by atoms with Crippen LogP contribution in [0.25, 0.3) is 0 Å². The van der Waals surface area contributed by atoms with Crippen molar-refractivity contribution >= 4 is 52.6 Å². The first-order valence-corrected chi connectivity index (χ1v) is 9.67. The number of phenols is 1. The second-order valence-corrected chi connectivity index (χ2v) is 7.23. The molecule has 0 bridgehead atoms. The maximum atomic E-state index is 12.2. The predicted octanol–water partition coefficient (Wildman–Crippen LogP) is 4.62.